The Morgan fingerprint density at radius 3 is 2.48 bits per heavy atom. The molecule has 1 aliphatic rings. The molecule has 31 heavy (non-hydrogen) atoms. The van der Waals surface area contributed by atoms with Crippen molar-refractivity contribution in [1.29, 1.82) is 0 Å². The molecule has 1 fully saturated rings. The standard InChI is InChI=1S/C24H28N4O3/c1-17-4-11-23(28-25-12-13-26-28)22(14-17)24(29)27-15-19(6-5-18(27)2)16-31-21-9-7-20(30-3)8-10-21/h4,7-14,18-19H,5-6,15-16H2,1-3H3/t18-,19-/m1/s1. The Kier molecular flexibility index (Phi) is 6.21. The molecule has 0 spiro atoms. The Morgan fingerprint density at radius 1 is 1.06 bits per heavy atom. The second-order valence-electron chi connectivity index (χ2n) is 8.08. The van der Waals surface area contributed by atoms with Crippen LogP contribution in [0.4, 0.5) is 0 Å². The highest BCUT2D eigenvalue weighted by molar-refractivity contribution is 5.98. The predicted octanol–water partition coefficient (Wildman–Crippen LogP) is 3.90. The van der Waals surface area contributed by atoms with Gasteiger partial charge in [-0.15, -0.1) is 0 Å². The van der Waals surface area contributed by atoms with E-state index in [1.54, 1.807) is 19.5 Å². The molecule has 2 atom stereocenters. The number of nitrogens with zero attached hydrogens (tertiary/aromatic N) is 4. The van der Waals surface area contributed by atoms with Gasteiger partial charge in [0.15, 0.2) is 0 Å². The van der Waals surface area contributed by atoms with Gasteiger partial charge in [-0.3, -0.25) is 4.79 Å². The van der Waals surface area contributed by atoms with Gasteiger partial charge in [0.1, 0.15) is 11.5 Å². The molecular formula is C24H28N4O3. The molecule has 1 aromatic heterocycles. The molecule has 0 bridgehead atoms. The summed E-state index contributed by atoms with van der Waals surface area (Å²) in [6, 6.07) is 13.6. The minimum Gasteiger partial charge on any atom is -0.497 e. The number of carbonyl (C=O) groups excluding carboxylic acids is 1. The molecule has 4 rings (SSSR count). The Bertz CT molecular complexity index is 1020. The Hall–Kier alpha value is -3.35. The van der Waals surface area contributed by atoms with Crippen LogP contribution in [-0.2, 0) is 0 Å². The number of methoxy groups -OCH3 is 1. The van der Waals surface area contributed by atoms with Gasteiger partial charge in [0.25, 0.3) is 5.91 Å². The van der Waals surface area contributed by atoms with E-state index in [0.717, 1.165) is 29.9 Å². The molecule has 7 heteroatoms. The number of aromatic nitrogens is 3. The first-order valence-electron chi connectivity index (χ1n) is 10.6. The second kappa shape index (κ2) is 9.20. The highest BCUT2D eigenvalue weighted by Crippen LogP contribution is 2.27. The number of hydrogen-bond acceptors (Lipinski definition) is 5. The van der Waals surface area contributed by atoms with Crippen molar-refractivity contribution in [3.05, 3.63) is 66.0 Å². The Labute approximate surface area is 182 Å². The van der Waals surface area contributed by atoms with Crippen LogP contribution in [0.1, 0.15) is 35.7 Å². The van der Waals surface area contributed by atoms with Gasteiger partial charge in [-0.25, -0.2) is 0 Å². The summed E-state index contributed by atoms with van der Waals surface area (Å²) in [4.78, 5) is 17.0. The fraction of sp³-hybridized carbons (Fsp3) is 0.375. The number of ether oxygens (including phenoxy) is 2. The lowest BCUT2D eigenvalue weighted by molar-refractivity contribution is 0.0505. The normalized spacial score (nSPS) is 18.6. The first-order valence-corrected chi connectivity index (χ1v) is 10.6. The predicted molar refractivity (Wildman–Crippen MR) is 118 cm³/mol. The average Bonchev–Trinajstić information content (AvgIpc) is 3.33. The first kappa shape index (κ1) is 20.9. The van der Waals surface area contributed by atoms with Crippen LogP contribution < -0.4 is 9.47 Å². The van der Waals surface area contributed by atoms with Gasteiger partial charge in [-0.1, -0.05) is 11.6 Å². The van der Waals surface area contributed by atoms with E-state index in [-0.39, 0.29) is 17.9 Å². The third-order valence-corrected chi connectivity index (χ3v) is 5.80. The highest BCUT2D eigenvalue weighted by atomic mass is 16.5. The van der Waals surface area contributed by atoms with Gasteiger partial charge in [0.2, 0.25) is 0 Å². The summed E-state index contributed by atoms with van der Waals surface area (Å²) in [7, 11) is 1.65. The van der Waals surface area contributed by atoms with E-state index < -0.39 is 0 Å². The van der Waals surface area contributed by atoms with Gasteiger partial charge in [-0.05, 0) is 63.1 Å². The van der Waals surface area contributed by atoms with Gasteiger partial charge >= 0.3 is 0 Å². The topological polar surface area (TPSA) is 69.5 Å². The molecule has 3 aromatic rings. The summed E-state index contributed by atoms with van der Waals surface area (Å²) in [5.41, 5.74) is 2.35. The molecule has 0 radical (unpaired) electrons. The molecule has 2 aromatic carbocycles. The second-order valence-corrected chi connectivity index (χ2v) is 8.08. The lowest BCUT2D eigenvalue weighted by atomic mass is 9.93. The van der Waals surface area contributed by atoms with Crippen molar-refractivity contribution in [1.82, 2.24) is 19.9 Å². The molecule has 1 saturated heterocycles. The third-order valence-electron chi connectivity index (χ3n) is 5.80. The third kappa shape index (κ3) is 4.71. The van der Waals surface area contributed by atoms with Crippen molar-refractivity contribution in [2.75, 3.05) is 20.3 Å². The lowest BCUT2D eigenvalue weighted by Crippen LogP contribution is -2.47. The molecule has 0 aliphatic carbocycles. The molecule has 2 heterocycles. The van der Waals surface area contributed by atoms with E-state index in [1.165, 1.54) is 4.80 Å². The maximum Gasteiger partial charge on any atom is 0.256 e. The quantitative estimate of drug-likeness (QED) is 0.605. The molecule has 162 valence electrons. The van der Waals surface area contributed by atoms with Gasteiger partial charge in [-0.2, -0.15) is 15.0 Å². The maximum absolute atomic E-state index is 13.6. The fourth-order valence-corrected chi connectivity index (χ4v) is 3.98. The molecule has 0 N–H and O–H groups in total. The van der Waals surface area contributed by atoms with Crippen LogP contribution in [0.2, 0.25) is 0 Å². The van der Waals surface area contributed by atoms with Crippen LogP contribution in [0.5, 0.6) is 11.5 Å². The fourth-order valence-electron chi connectivity index (χ4n) is 3.98. The summed E-state index contributed by atoms with van der Waals surface area (Å²) in [5.74, 6) is 1.90. The highest BCUT2D eigenvalue weighted by Gasteiger charge is 2.31. The van der Waals surface area contributed by atoms with Crippen LogP contribution in [0.3, 0.4) is 0 Å². The Balaban J connectivity index is 1.48. The smallest absolute Gasteiger partial charge is 0.256 e. The van der Waals surface area contributed by atoms with E-state index >= 15 is 0 Å². The van der Waals surface area contributed by atoms with Gasteiger partial charge in [0, 0.05) is 18.5 Å². The van der Waals surface area contributed by atoms with Gasteiger partial charge in [0.05, 0.1) is 37.4 Å². The number of benzene rings is 2. The van der Waals surface area contributed by atoms with Crippen LogP contribution >= 0.6 is 0 Å². The minimum atomic E-state index is 0.0117. The SMILES string of the molecule is COc1ccc(OC[C@@H]2CC[C@@H](C)N(C(=O)c3cc(C)ccc3-n3nccn3)C2)cc1. The first-order chi connectivity index (χ1) is 15.0. The summed E-state index contributed by atoms with van der Waals surface area (Å²) < 4.78 is 11.2. The van der Waals surface area contributed by atoms with E-state index in [0.29, 0.717) is 24.4 Å². The summed E-state index contributed by atoms with van der Waals surface area (Å²) in [6.45, 7) is 5.34. The van der Waals surface area contributed by atoms with Crippen molar-refractivity contribution in [3.8, 4) is 17.2 Å². The molecule has 1 aliphatic heterocycles. The largest absolute Gasteiger partial charge is 0.497 e. The molecule has 7 nitrogen and oxygen atoms in total. The van der Waals surface area contributed by atoms with Crippen molar-refractivity contribution in [3.63, 3.8) is 0 Å². The van der Waals surface area contributed by atoms with E-state index in [9.17, 15) is 4.79 Å². The molecular weight excluding hydrogens is 392 g/mol. The summed E-state index contributed by atoms with van der Waals surface area (Å²) >= 11 is 0. The van der Waals surface area contributed by atoms with Crippen LogP contribution in [0.25, 0.3) is 5.69 Å². The maximum atomic E-state index is 13.6. The zero-order valence-corrected chi connectivity index (χ0v) is 18.2. The number of aryl methyl sites for hydroxylation is 1. The zero-order chi connectivity index (χ0) is 21.8. The number of carbonyl (C=O) groups is 1. The average molecular weight is 421 g/mol. The number of rotatable bonds is 6. The lowest BCUT2D eigenvalue weighted by Gasteiger charge is -2.38. The molecule has 0 unspecified atom stereocenters. The van der Waals surface area contributed by atoms with Crippen molar-refractivity contribution < 1.29 is 14.3 Å². The van der Waals surface area contributed by atoms with Crippen LogP contribution in [0.15, 0.2) is 54.9 Å². The van der Waals surface area contributed by atoms with E-state index in [4.69, 9.17) is 9.47 Å². The zero-order valence-electron chi connectivity index (χ0n) is 18.2. The van der Waals surface area contributed by atoms with Crippen LogP contribution in [-0.4, -0.2) is 52.1 Å². The molecule has 1 amide bonds. The van der Waals surface area contributed by atoms with Crippen molar-refractivity contribution >= 4 is 5.91 Å². The van der Waals surface area contributed by atoms with E-state index in [2.05, 4.69) is 17.1 Å². The number of amides is 1. The summed E-state index contributed by atoms with van der Waals surface area (Å²) in [6.07, 6.45) is 5.21. The van der Waals surface area contributed by atoms with Crippen LogP contribution in [0, 0.1) is 12.8 Å². The number of likely N-dealkylation sites (tertiary alicyclic amines) is 1. The summed E-state index contributed by atoms with van der Waals surface area (Å²) in [5, 5.41) is 8.44. The van der Waals surface area contributed by atoms with Gasteiger partial charge < -0.3 is 14.4 Å². The monoisotopic (exact) mass is 420 g/mol. The minimum absolute atomic E-state index is 0.0117. The van der Waals surface area contributed by atoms with Crippen molar-refractivity contribution in [2.45, 2.75) is 32.7 Å². The number of piperidine rings is 1. The van der Waals surface area contributed by atoms with E-state index in [1.807, 2.05) is 54.3 Å². The number of hydrogen-bond donors (Lipinski definition) is 0. The van der Waals surface area contributed by atoms with Crippen molar-refractivity contribution in [2.24, 2.45) is 5.92 Å². The Morgan fingerprint density at radius 2 is 1.77 bits per heavy atom. The molecule has 0 saturated carbocycles.